The number of hydrogen-bond donors (Lipinski definition) is 1. The van der Waals surface area contributed by atoms with E-state index in [0.717, 1.165) is 21.3 Å². The number of thiazole rings is 1. The molecule has 0 radical (unpaired) electrons. The van der Waals surface area contributed by atoms with Gasteiger partial charge in [-0.05, 0) is 35.0 Å². The molecule has 11 heteroatoms. The molecule has 0 spiro atoms. The highest BCUT2D eigenvalue weighted by atomic mass is 32.2. The number of rotatable bonds is 5. The Kier molecular flexibility index (Phi) is 5.22. The van der Waals surface area contributed by atoms with E-state index in [1.165, 1.54) is 27.6 Å². The Morgan fingerprint density at radius 2 is 2.06 bits per heavy atom. The summed E-state index contributed by atoms with van der Waals surface area (Å²) in [4.78, 5) is 21.6. The number of nitriles is 1. The molecular formula is C21H14N8OS2. The van der Waals surface area contributed by atoms with Crippen LogP contribution < -0.4 is 5.32 Å². The number of aromatic nitrogens is 6. The van der Waals surface area contributed by atoms with Crippen LogP contribution in [0.25, 0.3) is 27.1 Å². The zero-order chi connectivity index (χ0) is 22.1. The molecule has 5 aromatic rings. The van der Waals surface area contributed by atoms with E-state index in [0.29, 0.717) is 21.6 Å². The quantitative estimate of drug-likeness (QED) is 0.312. The van der Waals surface area contributed by atoms with Crippen LogP contribution in [-0.4, -0.2) is 41.7 Å². The third-order valence-electron chi connectivity index (χ3n) is 4.60. The smallest absolute Gasteiger partial charge is 0.236 e. The van der Waals surface area contributed by atoms with E-state index in [9.17, 15) is 10.1 Å². The van der Waals surface area contributed by atoms with Gasteiger partial charge < -0.3 is 5.32 Å². The van der Waals surface area contributed by atoms with Crippen LogP contribution in [0.15, 0.2) is 53.7 Å². The number of amides is 1. The zero-order valence-corrected chi connectivity index (χ0v) is 18.3. The van der Waals surface area contributed by atoms with Crippen LogP contribution in [-0.2, 0) is 4.79 Å². The Hall–Kier alpha value is -3.88. The molecule has 1 amide bonds. The van der Waals surface area contributed by atoms with E-state index in [4.69, 9.17) is 0 Å². The summed E-state index contributed by atoms with van der Waals surface area (Å²) in [5.74, 6) is -0.142. The van der Waals surface area contributed by atoms with Crippen LogP contribution in [0, 0.1) is 18.3 Å². The summed E-state index contributed by atoms with van der Waals surface area (Å²) < 4.78 is 2.40. The maximum Gasteiger partial charge on any atom is 0.236 e. The lowest BCUT2D eigenvalue weighted by Crippen LogP contribution is -2.14. The molecule has 3 aromatic heterocycles. The Morgan fingerprint density at radius 3 is 2.88 bits per heavy atom. The predicted octanol–water partition coefficient (Wildman–Crippen LogP) is 3.71. The van der Waals surface area contributed by atoms with Crippen LogP contribution in [0.1, 0.15) is 11.1 Å². The van der Waals surface area contributed by atoms with Crippen molar-refractivity contribution >= 4 is 50.0 Å². The predicted molar refractivity (Wildman–Crippen MR) is 122 cm³/mol. The van der Waals surface area contributed by atoms with E-state index in [-0.39, 0.29) is 17.2 Å². The first-order valence-corrected chi connectivity index (χ1v) is 11.3. The normalized spacial score (nSPS) is 11.0. The van der Waals surface area contributed by atoms with E-state index in [1.54, 1.807) is 0 Å². The topological polar surface area (TPSA) is 122 Å². The molecule has 5 rings (SSSR count). The number of carbonyl (C=O) groups is 1. The van der Waals surface area contributed by atoms with Crippen LogP contribution in [0.5, 0.6) is 0 Å². The van der Waals surface area contributed by atoms with Gasteiger partial charge >= 0.3 is 0 Å². The number of carbonyl (C=O) groups excluding carboxylic acids is 1. The Balaban J connectivity index is 1.40. The van der Waals surface area contributed by atoms with Gasteiger partial charge in [0.25, 0.3) is 0 Å². The highest BCUT2D eigenvalue weighted by molar-refractivity contribution is 7.99. The van der Waals surface area contributed by atoms with Gasteiger partial charge in [-0.2, -0.15) is 9.78 Å². The number of fused-ring (bicyclic) bond motifs is 2. The molecule has 1 N–H and O–H groups in total. The van der Waals surface area contributed by atoms with Gasteiger partial charge in [0.05, 0.1) is 21.7 Å². The number of aryl methyl sites for hydroxylation is 1. The zero-order valence-electron chi connectivity index (χ0n) is 16.7. The molecule has 0 aliphatic rings. The van der Waals surface area contributed by atoms with E-state index < -0.39 is 0 Å². The van der Waals surface area contributed by atoms with Gasteiger partial charge in [0.15, 0.2) is 10.3 Å². The summed E-state index contributed by atoms with van der Waals surface area (Å²) in [6, 6.07) is 17.4. The molecule has 0 saturated carbocycles. The molecule has 9 nitrogen and oxygen atoms in total. The molecule has 3 heterocycles. The minimum atomic E-state index is -0.223. The monoisotopic (exact) mass is 458 g/mol. The van der Waals surface area contributed by atoms with Crippen LogP contribution in [0.2, 0.25) is 0 Å². The van der Waals surface area contributed by atoms with Crippen molar-refractivity contribution in [1.29, 1.82) is 5.26 Å². The van der Waals surface area contributed by atoms with Gasteiger partial charge in [0.2, 0.25) is 11.6 Å². The van der Waals surface area contributed by atoms with Crippen molar-refractivity contribution in [2.24, 2.45) is 0 Å². The van der Waals surface area contributed by atoms with Crippen molar-refractivity contribution in [3.8, 4) is 17.3 Å². The minimum absolute atomic E-state index is 0.0804. The highest BCUT2D eigenvalue weighted by Crippen LogP contribution is 2.29. The average molecular weight is 459 g/mol. The molecule has 156 valence electrons. The summed E-state index contributed by atoms with van der Waals surface area (Å²) in [6.07, 6.45) is 0. The molecule has 0 fully saturated rings. The second kappa shape index (κ2) is 8.33. The van der Waals surface area contributed by atoms with Crippen molar-refractivity contribution < 1.29 is 4.79 Å². The lowest BCUT2D eigenvalue weighted by Gasteiger charge is -2.08. The third-order valence-corrected chi connectivity index (χ3v) is 6.46. The molecule has 0 atom stereocenters. The van der Waals surface area contributed by atoms with Crippen molar-refractivity contribution in [2.45, 2.75) is 12.1 Å². The van der Waals surface area contributed by atoms with Crippen molar-refractivity contribution in [1.82, 2.24) is 30.0 Å². The first-order valence-electron chi connectivity index (χ1n) is 9.50. The molecular weight excluding hydrogens is 444 g/mol. The summed E-state index contributed by atoms with van der Waals surface area (Å²) in [5, 5.41) is 25.1. The second-order valence-electron chi connectivity index (χ2n) is 6.84. The van der Waals surface area contributed by atoms with Gasteiger partial charge in [0, 0.05) is 5.56 Å². The highest BCUT2D eigenvalue weighted by Gasteiger charge is 2.19. The van der Waals surface area contributed by atoms with Gasteiger partial charge in [-0.25, -0.2) is 9.97 Å². The molecule has 0 unspecified atom stereocenters. The largest absolute Gasteiger partial charge is 0.301 e. The Labute approximate surface area is 190 Å². The summed E-state index contributed by atoms with van der Waals surface area (Å²) in [5.41, 5.74) is 3.80. The summed E-state index contributed by atoms with van der Waals surface area (Å²) >= 11 is 2.61. The average Bonchev–Trinajstić information content (AvgIpc) is 3.44. The SMILES string of the molecule is Cc1ccc2nc(NC(=O)CSc3nc(-c4ccccc4)c(C#N)c4nnnn34)sc2c1. The van der Waals surface area contributed by atoms with Crippen molar-refractivity contribution in [3.63, 3.8) is 0 Å². The molecule has 0 aliphatic carbocycles. The van der Waals surface area contributed by atoms with E-state index in [1.807, 2.05) is 55.5 Å². The number of tetrazole rings is 1. The summed E-state index contributed by atoms with van der Waals surface area (Å²) in [7, 11) is 0. The minimum Gasteiger partial charge on any atom is -0.301 e. The maximum atomic E-state index is 12.6. The lowest BCUT2D eigenvalue weighted by atomic mass is 10.1. The van der Waals surface area contributed by atoms with E-state index >= 15 is 0 Å². The number of nitrogens with zero attached hydrogens (tertiary/aromatic N) is 7. The maximum absolute atomic E-state index is 12.6. The standard InChI is InChI=1S/C21H14N8OS2/c1-12-7-8-15-16(9-12)32-20(23-15)24-17(30)11-31-21-25-18(13-5-3-2-4-6-13)14(10-22)19-26-27-28-29(19)21/h2-9H,11H2,1H3,(H,23,24,30). The van der Waals surface area contributed by atoms with Crippen LogP contribution in [0.4, 0.5) is 5.13 Å². The van der Waals surface area contributed by atoms with Crippen LogP contribution in [0.3, 0.4) is 0 Å². The Morgan fingerprint density at radius 1 is 1.22 bits per heavy atom. The fraction of sp³-hybridized carbons (Fsp3) is 0.0952. The van der Waals surface area contributed by atoms with E-state index in [2.05, 4.69) is 36.9 Å². The molecule has 0 bridgehead atoms. The van der Waals surface area contributed by atoms with Gasteiger partial charge in [-0.3, -0.25) is 4.79 Å². The molecule has 32 heavy (non-hydrogen) atoms. The van der Waals surface area contributed by atoms with Gasteiger partial charge in [-0.1, -0.05) is 59.5 Å². The number of nitrogens with one attached hydrogen (secondary N) is 1. The number of thioether (sulfide) groups is 1. The number of hydrogen-bond acceptors (Lipinski definition) is 9. The fourth-order valence-corrected chi connectivity index (χ4v) is 4.86. The molecule has 0 saturated heterocycles. The second-order valence-corrected chi connectivity index (χ2v) is 8.81. The third kappa shape index (κ3) is 3.77. The number of benzene rings is 2. The summed E-state index contributed by atoms with van der Waals surface area (Å²) in [6.45, 7) is 2.02. The molecule has 2 aromatic carbocycles. The van der Waals surface area contributed by atoms with Crippen LogP contribution >= 0.6 is 23.1 Å². The molecule has 0 aliphatic heterocycles. The van der Waals surface area contributed by atoms with Crippen molar-refractivity contribution in [3.05, 3.63) is 59.7 Å². The van der Waals surface area contributed by atoms with Gasteiger partial charge in [-0.15, -0.1) is 5.10 Å². The fourth-order valence-electron chi connectivity index (χ4n) is 3.15. The number of anilines is 1. The lowest BCUT2D eigenvalue weighted by molar-refractivity contribution is -0.113. The first-order chi connectivity index (χ1) is 15.6. The van der Waals surface area contributed by atoms with Gasteiger partial charge in [0.1, 0.15) is 11.6 Å². The van der Waals surface area contributed by atoms with Crippen molar-refractivity contribution in [2.75, 3.05) is 11.1 Å². The first kappa shape index (κ1) is 20.0. The Bertz CT molecular complexity index is 1500.